The topological polar surface area (TPSA) is 53.5 Å². The lowest BCUT2D eigenvalue weighted by Gasteiger charge is -2.01. The number of rotatable bonds is 2. The minimum absolute atomic E-state index is 0.203. The van der Waals surface area contributed by atoms with Crippen molar-refractivity contribution in [3.05, 3.63) is 58.6 Å². The molecule has 2 aromatic carbocycles. The van der Waals surface area contributed by atoms with Gasteiger partial charge in [-0.3, -0.25) is 10.2 Å². The molecule has 0 unspecified atom stereocenters. The lowest BCUT2D eigenvalue weighted by atomic mass is 10.1. The van der Waals surface area contributed by atoms with Crippen molar-refractivity contribution in [1.29, 1.82) is 0 Å². The molecule has 0 saturated carbocycles. The predicted octanol–water partition coefficient (Wildman–Crippen LogP) is 3.22. The van der Waals surface area contributed by atoms with Crippen LogP contribution < -0.4 is 10.7 Å². The molecule has 4 nitrogen and oxygen atoms in total. The SMILES string of the molecule is O=C1Nc2c(Br)cccc2/C1=N/Nc1ccccc1. The van der Waals surface area contributed by atoms with E-state index in [-0.39, 0.29) is 5.91 Å². The maximum Gasteiger partial charge on any atom is 0.276 e. The number of hydrogen-bond acceptors (Lipinski definition) is 3. The Labute approximate surface area is 118 Å². The van der Waals surface area contributed by atoms with Gasteiger partial charge in [0.1, 0.15) is 0 Å². The second-order valence-electron chi connectivity index (χ2n) is 4.05. The molecule has 0 spiro atoms. The van der Waals surface area contributed by atoms with E-state index in [2.05, 4.69) is 31.8 Å². The lowest BCUT2D eigenvalue weighted by Crippen LogP contribution is -2.15. The van der Waals surface area contributed by atoms with E-state index in [0.717, 1.165) is 21.4 Å². The van der Waals surface area contributed by atoms with Gasteiger partial charge in [0.25, 0.3) is 5.91 Å². The number of anilines is 2. The van der Waals surface area contributed by atoms with Crippen LogP contribution in [0.3, 0.4) is 0 Å². The number of halogens is 1. The summed E-state index contributed by atoms with van der Waals surface area (Å²) in [7, 11) is 0. The van der Waals surface area contributed by atoms with Gasteiger partial charge in [0.2, 0.25) is 0 Å². The molecule has 2 N–H and O–H groups in total. The van der Waals surface area contributed by atoms with Crippen LogP contribution in [0, 0.1) is 0 Å². The number of amides is 1. The summed E-state index contributed by atoms with van der Waals surface area (Å²) >= 11 is 3.41. The average Bonchev–Trinajstić information content (AvgIpc) is 2.75. The summed E-state index contributed by atoms with van der Waals surface area (Å²) in [6.45, 7) is 0. The van der Waals surface area contributed by atoms with Gasteiger partial charge < -0.3 is 5.32 Å². The molecule has 2 aromatic rings. The Morgan fingerprint density at radius 3 is 2.63 bits per heavy atom. The van der Waals surface area contributed by atoms with E-state index < -0.39 is 0 Å². The van der Waals surface area contributed by atoms with Crippen LogP contribution in [0.1, 0.15) is 5.56 Å². The van der Waals surface area contributed by atoms with Gasteiger partial charge in [-0.05, 0) is 34.1 Å². The molecule has 1 amide bonds. The summed E-state index contributed by atoms with van der Waals surface area (Å²) in [5, 5.41) is 6.99. The quantitative estimate of drug-likeness (QED) is 0.836. The van der Waals surface area contributed by atoms with E-state index >= 15 is 0 Å². The van der Waals surface area contributed by atoms with Gasteiger partial charge in [0, 0.05) is 10.0 Å². The van der Waals surface area contributed by atoms with E-state index in [1.807, 2.05) is 48.5 Å². The van der Waals surface area contributed by atoms with Crippen molar-refractivity contribution in [2.45, 2.75) is 0 Å². The third-order valence-corrected chi connectivity index (χ3v) is 3.45. The number of hydrogen-bond donors (Lipinski definition) is 2. The highest BCUT2D eigenvalue weighted by molar-refractivity contribution is 9.10. The van der Waals surface area contributed by atoms with Gasteiger partial charge >= 0.3 is 0 Å². The number of benzene rings is 2. The first kappa shape index (κ1) is 11.9. The second kappa shape index (κ2) is 4.85. The summed E-state index contributed by atoms with van der Waals surface area (Å²) in [5.74, 6) is -0.203. The molecule has 3 rings (SSSR count). The van der Waals surface area contributed by atoms with Crippen LogP contribution >= 0.6 is 15.9 Å². The molecule has 0 saturated heterocycles. The molecule has 0 aliphatic carbocycles. The summed E-state index contributed by atoms with van der Waals surface area (Å²) in [6, 6.07) is 15.1. The van der Waals surface area contributed by atoms with Crippen molar-refractivity contribution >= 4 is 38.9 Å². The molecular formula is C14H10BrN3O. The summed E-state index contributed by atoms with van der Waals surface area (Å²) in [5.41, 5.74) is 5.68. The Kier molecular flexibility index (Phi) is 3.05. The minimum atomic E-state index is -0.203. The van der Waals surface area contributed by atoms with Crippen LogP contribution in [0.2, 0.25) is 0 Å². The highest BCUT2D eigenvalue weighted by Gasteiger charge is 2.27. The predicted molar refractivity (Wildman–Crippen MR) is 79.4 cm³/mol. The van der Waals surface area contributed by atoms with Crippen LogP contribution in [-0.4, -0.2) is 11.6 Å². The number of fused-ring (bicyclic) bond motifs is 1. The molecule has 5 heteroatoms. The Hall–Kier alpha value is -2.14. The van der Waals surface area contributed by atoms with Crippen LogP contribution in [0.5, 0.6) is 0 Å². The largest absolute Gasteiger partial charge is 0.319 e. The Morgan fingerprint density at radius 1 is 1.05 bits per heavy atom. The van der Waals surface area contributed by atoms with Crippen LogP contribution in [0.4, 0.5) is 11.4 Å². The number of para-hydroxylation sites is 2. The van der Waals surface area contributed by atoms with E-state index in [1.54, 1.807) is 0 Å². The molecule has 0 radical (unpaired) electrons. The van der Waals surface area contributed by atoms with Crippen molar-refractivity contribution in [1.82, 2.24) is 0 Å². The summed E-state index contributed by atoms with van der Waals surface area (Å²) in [4.78, 5) is 11.9. The fraction of sp³-hybridized carbons (Fsp3) is 0. The Bertz CT molecular complexity index is 668. The number of nitrogens with zero attached hydrogens (tertiary/aromatic N) is 1. The average molecular weight is 316 g/mol. The van der Waals surface area contributed by atoms with E-state index in [9.17, 15) is 4.79 Å². The minimum Gasteiger partial charge on any atom is -0.319 e. The maximum absolute atomic E-state index is 11.9. The van der Waals surface area contributed by atoms with Gasteiger partial charge in [-0.2, -0.15) is 5.10 Å². The van der Waals surface area contributed by atoms with E-state index in [0.29, 0.717) is 5.71 Å². The summed E-state index contributed by atoms with van der Waals surface area (Å²) < 4.78 is 0.850. The monoisotopic (exact) mass is 315 g/mol. The molecule has 1 aliphatic rings. The fourth-order valence-corrected chi connectivity index (χ4v) is 2.35. The third-order valence-electron chi connectivity index (χ3n) is 2.79. The van der Waals surface area contributed by atoms with Crippen LogP contribution in [0.25, 0.3) is 0 Å². The highest BCUT2D eigenvalue weighted by atomic mass is 79.9. The number of hydrazone groups is 1. The lowest BCUT2D eigenvalue weighted by molar-refractivity contribution is -0.110. The molecule has 0 bridgehead atoms. The first-order valence-corrected chi connectivity index (χ1v) is 6.54. The van der Waals surface area contributed by atoms with E-state index in [1.165, 1.54) is 0 Å². The van der Waals surface area contributed by atoms with Gasteiger partial charge in [-0.15, -0.1) is 0 Å². The van der Waals surface area contributed by atoms with E-state index in [4.69, 9.17) is 0 Å². The zero-order valence-electron chi connectivity index (χ0n) is 9.85. The van der Waals surface area contributed by atoms with Gasteiger partial charge in [-0.25, -0.2) is 0 Å². The van der Waals surface area contributed by atoms with Crippen molar-refractivity contribution < 1.29 is 4.79 Å². The molecule has 0 fully saturated rings. The molecular weight excluding hydrogens is 306 g/mol. The van der Waals surface area contributed by atoms with Gasteiger partial charge in [0.15, 0.2) is 5.71 Å². The standard InChI is InChI=1S/C14H10BrN3O/c15-11-8-4-7-10-12(11)16-14(19)13(10)18-17-9-5-2-1-3-6-9/h1-8,17H,(H,16,18,19). The summed E-state index contributed by atoms with van der Waals surface area (Å²) in [6.07, 6.45) is 0. The molecule has 1 aliphatic heterocycles. The van der Waals surface area contributed by atoms with Crippen molar-refractivity contribution in [3.63, 3.8) is 0 Å². The first-order valence-electron chi connectivity index (χ1n) is 5.75. The van der Waals surface area contributed by atoms with Crippen molar-refractivity contribution in [2.24, 2.45) is 5.10 Å². The molecule has 19 heavy (non-hydrogen) atoms. The third kappa shape index (κ3) is 2.24. The number of nitrogens with one attached hydrogen (secondary N) is 2. The maximum atomic E-state index is 11.9. The second-order valence-corrected chi connectivity index (χ2v) is 4.91. The Morgan fingerprint density at radius 2 is 1.84 bits per heavy atom. The van der Waals surface area contributed by atoms with Crippen LogP contribution in [-0.2, 0) is 4.79 Å². The molecule has 0 aromatic heterocycles. The van der Waals surface area contributed by atoms with Gasteiger partial charge in [-0.1, -0.05) is 30.3 Å². The molecule has 0 atom stereocenters. The number of carbonyl (C=O) groups is 1. The van der Waals surface area contributed by atoms with Crippen molar-refractivity contribution in [2.75, 3.05) is 10.7 Å². The molecule has 94 valence electrons. The molecule has 1 heterocycles. The van der Waals surface area contributed by atoms with Gasteiger partial charge in [0.05, 0.1) is 11.4 Å². The zero-order chi connectivity index (χ0) is 13.2. The first-order chi connectivity index (χ1) is 9.25. The highest BCUT2D eigenvalue weighted by Crippen LogP contribution is 2.31. The van der Waals surface area contributed by atoms with Crippen LogP contribution in [0.15, 0.2) is 58.1 Å². The fourth-order valence-electron chi connectivity index (χ4n) is 1.89. The smallest absolute Gasteiger partial charge is 0.276 e. The zero-order valence-corrected chi connectivity index (χ0v) is 11.4. The Balaban J connectivity index is 1.94. The number of carbonyl (C=O) groups excluding carboxylic acids is 1. The normalized spacial score (nSPS) is 15.2. The van der Waals surface area contributed by atoms with Crippen molar-refractivity contribution in [3.8, 4) is 0 Å².